The number of esters is 1. The van der Waals surface area contributed by atoms with E-state index >= 15 is 0 Å². The van der Waals surface area contributed by atoms with Crippen molar-refractivity contribution in [1.29, 1.82) is 0 Å². The number of carbonyl (C=O) groups is 4. The number of ether oxygens (including phenoxy) is 1. The van der Waals surface area contributed by atoms with Gasteiger partial charge < -0.3 is 25.1 Å². The van der Waals surface area contributed by atoms with Gasteiger partial charge in [0.1, 0.15) is 11.8 Å². The number of imide groups is 1. The van der Waals surface area contributed by atoms with Crippen molar-refractivity contribution in [2.75, 3.05) is 11.9 Å². The second-order valence-corrected chi connectivity index (χ2v) is 6.60. The average Bonchev–Trinajstić information content (AvgIpc) is 3.23. The van der Waals surface area contributed by atoms with Crippen molar-refractivity contribution in [3.63, 3.8) is 0 Å². The van der Waals surface area contributed by atoms with Crippen LogP contribution in [0.15, 0.2) is 53.1 Å². The third-order valence-electron chi connectivity index (χ3n) is 3.84. The van der Waals surface area contributed by atoms with Crippen molar-refractivity contribution in [2.24, 2.45) is 5.92 Å². The Morgan fingerprint density at radius 1 is 1.00 bits per heavy atom. The molecule has 0 unspecified atom stereocenters. The number of urea groups is 2. The smallest absolute Gasteiger partial charge is 0.329 e. The molecule has 0 radical (unpaired) electrons. The summed E-state index contributed by atoms with van der Waals surface area (Å²) >= 11 is 0. The van der Waals surface area contributed by atoms with E-state index in [-0.39, 0.29) is 12.5 Å². The van der Waals surface area contributed by atoms with E-state index in [0.717, 1.165) is 0 Å². The highest BCUT2D eigenvalue weighted by Crippen LogP contribution is 2.07. The van der Waals surface area contributed by atoms with Gasteiger partial charge in [0.25, 0.3) is 5.91 Å². The Balaban J connectivity index is 1.76. The third-order valence-corrected chi connectivity index (χ3v) is 3.84. The number of para-hydroxylation sites is 1. The maximum Gasteiger partial charge on any atom is 0.329 e. The van der Waals surface area contributed by atoms with Crippen LogP contribution in [0.5, 0.6) is 0 Å². The van der Waals surface area contributed by atoms with Gasteiger partial charge in [-0.1, -0.05) is 32.0 Å². The van der Waals surface area contributed by atoms with E-state index in [9.17, 15) is 19.2 Å². The number of hydrogen-bond donors (Lipinski definition) is 4. The Kier molecular flexibility index (Phi) is 8.42. The molecule has 0 fully saturated rings. The van der Waals surface area contributed by atoms with Crippen LogP contribution in [0.25, 0.3) is 0 Å². The Bertz CT molecular complexity index is 851. The summed E-state index contributed by atoms with van der Waals surface area (Å²) in [4.78, 5) is 47.9. The molecule has 0 aliphatic heterocycles. The minimum Gasteiger partial charge on any atom is -0.467 e. The minimum atomic E-state index is -0.978. The number of hydrogen-bond acceptors (Lipinski definition) is 6. The molecule has 1 heterocycles. The highest BCUT2D eigenvalue weighted by Gasteiger charge is 2.26. The van der Waals surface area contributed by atoms with Crippen molar-refractivity contribution >= 4 is 29.6 Å². The van der Waals surface area contributed by atoms with Gasteiger partial charge in [-0.15, -0.1) is 0 Å². The van der Waals surface area contributed by atoms with Crippen molar-refractivity contribution in [3.05, 3.63) is 54.5 Å². The quantitative estimate of drug-likeness (QED) is 0.486. The van der Waals surface area contributed by atoms with Gasteiger partial charge in [-0.25, -0.2) is 14.4 Å². The second kappa shape index (κ2) is 11.2. The number of benzene rings is 1. The molecule has 0 bridgehead atoms. The Morgan fingerprint density at radius 3 is 2.37 bits per heavy atom. The zero-order valence-electron chi connectivity index (χ0n) is 16.6. The summed E-state index contributed by atoms with van der Waals surface area (Å²) in [6.45, 7) is 2.87. The number of rotatable bonds is 8. The first kappa shape index (κ1) is 22.5. The molecule has 1 aromatic carbocycles. The van der Waals surface area contributed by atoms with Gasteiger partial charge in [0.05, 0.1) is 12.8 Å². The zero-order chi connectivity index (χ0) is 21.9. The molecule has 2 rings (SSSR count). The standard InChI is InChI=1S/C20H24N4O6/c1-13(2)17(24-20(28)22-14-7-4-3-5-8-14)18(26)30-12-16(25)23-19(27)21-11-15-9-6-10-29-15/h3-10,13,17H,11-12H2,1-2H3,(H2,22,24,28)(H2,21,23,25,27)/t17-/m1/s1. The predicted molar refractivity (Wildman–Crippen MR) is 107 cm³/mol. The molecule has 0 aliphatic carbocycles. The van der Waals surface area contributed by atoms with Crippen LogP contribution in [-0.4, -0.2) is 36.6 Å². The van der Waals surface area contributed by atoms with Crippen LogP contribution in [-0.2, 0) is 20.9 Å². The van der Waals surface area contributed by atoms with E-state index in [1.165, 1.54) is 6.26 Å². The fourth-order valence-electron chi connectivity index (χ4n) is 2.34. The molecule has 0 aliphatic rings. The molecule has 1 aromatic heterocycles. The summed E-state index contributed by atoms with van der Waals surface area (Å²) < 4.78 is 9.99. The van der Waals surface area contributed by atoms with Crippen LogP contribution in [0.3, 0.4) is 0 Å². The summed E-state index contributed by atoms with van der Waals surface area (Å²) in [6, 6.07) is 9.73. The van der Waals surface area contributed by atoms with Crippen molar-refractivity contribution in [1.82, 2.24) is 16.0 Å². The van der Waals surface area contributed by atoms with Crippen LogP contribution < -0.4 is 21.3 Å². The molecule has 0 saturated heterocycles. The Labute approximate surface area is 173 Å². The van der Waals surface area contributed by atoms with Crippen LogP contribution in [0.4, 0.5) is 15.3 Å². The van der Waals surface area contributed by atoms with E-state index < -0.39 is 36.6 Å². The summed E-state index contributed by atoms with van der Waals surface area (Å²) in [6.07, 6.45) is 1.46. The zero-order valence-corrected chi connectivity index (χ0v) is 16.6. The van der Waals surface area contributed by atoms with Crippen LogP contribution in [0, 0.1) is 5.92 Å². The molecule has 160 valence electrons. The van der Waals surface area contributed by atoms with Crippen LogP contribution in [0.1, 0.15) is 19.6 Å². The maximum absolute atomic E-state index is 12.3. The van der Waals surface area contributed by atoms with Crippen LogP contribution >= 0.6 is 0 Å². The van der Waals surface area contributed by atoms with E-state index in [2.05, 4.69) is 16.0 Å². The molecule has 10 heteroatoms. The van der Waals surface area contributed by atoms with Crippen molar-refractivity contribution in [2.45, 2.75) is 26.4 Å². The van der Waals surface area contributed by atoms with E-state index in [1.807, 2.05) is 5.32 Å². The molecule has 10 nitrogen and oxygen atoms in total. The second-order valence-electron chi connectivity index (χ2n) is 6.60. The summed E-state index contributed by atoms with van der Waals surface area (Å²) in [5.74, 6) is -1.38. The number of nitrogens with one attached hydrogen (secondary N) is 4. The number of furan rings is 1. The van der Waals surface area contributed by atoms with Gasteiger partial charge in [-0.3, -0.25) is 10.1 Å². The molecule has 30 heavy (non-hydrogen) atoms. The first-order valence-corrected chi connectivity index (χ1v) is 9.24. The third kappa shape index (κ3) is 7.66. The Hall–Kier alpha value is -3.82. The van der Waals surface area contributed by atoms with Crippen molar-refractivity contribution < 1.29 is 28.3 Å². The fourth-order valence-corrected chi connectivity index (χ4v) is 2.34. The van der Waals surface area contributed by atoms with Gasteiger partial charge in [-0.05, 0) is 30.2 Å². The molecule has 5 amide bonds. The highest BCUT2D eigenvalue weighted by atomic mass is 16.5. The molecular weight excluding hydrogens is 392 g/mol. The van der Waals surface area contributed by atoms with E-state index in [1.54, 1.807) is 56.3 Å². The lowest BCUT2D eigenvalue weighted by Gasteiger charge is -2.21. The average molecular weight is 416 g/mol. The number of amides is 5. The molecule has 4 N–H and O–H groups in total. The Morgan fingerprint density at radius 2 is 1.73 bits per heavy atom. The largest absolute Gasteiger partial charge is 0.467 e. The minimum absolute atomic E-state index is 0.0990. The lowest BCUT2D eigenvalue weighted by molar-refractivity contribution is -0.151. The molecule has 2 aromatic rings. The van der Waals surface area contributed by atoms with E-state index in [0.29, 0.717) is 11.4 Å². The first-order valence-electron chi connectivity index (χ1n) is 9.24. The summed E-state index contributed by atoms with van der Waals surface area (Å²) in [7, 11) is 0. The predicted octanol–water partition coefficient (Wildman–Crippen LogP) is 1.99. The summed E-state index contributed by atoms with van der Waals surface area (Å²) in [5.41, 5.74) is 0.561. The lowest BCUT2D eigenvalue weighted by Crippen LogP contribution is -2.48. The van der Waals surface area contributed by atoms with Crippen molar-refractivity contribution in [3.8, 4) is 0 Å². The van der Waals surface area contributed by atoms with Gasteiger partial charge >= 0.3 is 18.0 Å². The monoisotopic (exact) mass is 416 g/mol. The van der Waals surface area contributed by atoms with Gasteiger partial charge in [0.15, 0.2) is 6.61 Å². The SMILES string of the molecule is CC(C)[C@@H](NC(=O)Nc1ccccc1)C(=O)OCC(=O)NC(=O)NCc1ccco1. The fraction of sp³-hybridized carbons (Fsp3) is 0.300. The van der Waals surface area contributed by atoms with Gasteiger partial charge in [-0.2, -0.15) is 0 Å². The van der Waals surface area contributed by atoms with Crippen LogP contribution in [0.2, 0.25) is 0 Å². The number of anilines is 1. The molecule has 1 atom stereocenters. The molecule has 0 spiro atoms. The topological polar surface area (TPSA) is 139 Å². The lowest BCUT2D eigenvalue weighted by atomic mass is 10.1. The maximum atomic E-state index is 12.3. The first-order chi connectivity index (χ1) is 14.3. The number of carbonyl (C=O) groups excluding carboxylic acids is 4. The van der Waals surface area contributed by atoms with Gasteiger partial charge in [0, 0.05) is 5.69 Å². The molecule has 0 saturated carbocycles. The molecular formula is C20H24N4O6. The van der Waals surface area contributed by atoms with E-state index in [4.69, 9.17) is 9.15 Å². The highest BCUT2D eigenvalue weighted by molar-refractivity contribution is 5.96. The summed E-state index contributed by atoms with van der Waals surface area (Å²) in [5, 5.41) is 9.58. The normalized spacial score (nSPS) is 11.3. The van der Waals surface area contributed by atoms with Gasteiger partial charge in [0.2, 0.25) is 0 Å².